The Morgan fingerprint density at radius 2 is 2.14 bits per heavy atom. The van der Waals surface area contributed by atoms with Crippen molar-refractivity contribution in [1.29, 1.82) is 0 Å². The zero-order valence-corrected chi connectivity index (χ0v) is 13.6. The molecule has 2 N–H and O–H groups in total. The largest absolute Gasteiger partial charge is 0.411 e. The Labute approximate surface area is 130 Å². The maximum absolute atomic E-state index is 12.0. The lowest BCUT2D eigenvalue weighted by atomic mass is 10.1. The Morgan fingerprint density at radius 1 is 1.48 bits per heavy atom. The predicted molar refractivity (Wildman–Crippen MR) is 76.9 cm³/mol. The van der Waals surface area contributed by atoms with Crippen LogP contribution < -0.4 is 5.73 Å². The van der Waals surface area contributed by atoms with E-state index in [-0.39, 0.29) is 6.61 Å². The van der Waals surface area contributed by atoms with Crippen molar-refractivity contribution >= 4 is 15.9 Å². The third kappa shape index (κ3) is 6.77. The second-order valence-corrected chi connectivity index (χ2v) is 5.82. The van der Waals surface area contributed by atoms with E-state index in [1.54, 1.807) is 10.9 Å². The monoisotopic (exact) mass is 372 g/mol. The van der Waals surface area contributed by atoms with Crippen molar-refractivity contribution in [3.63, 3.8) is 0 Å². The molecule has 0 aromatic carbocycles. The topological polar surface area (TPSA) is 56.3 Å². The van der Waals surface area contributed by atoms with Gasteiger partial charge >= 0.3 is 6.18 Å². The van der Waals surface area contributed by atoms with E-state index < -0.39 is 18.8 Å². The van der Waals surface area contributed by atoms with Crippen molar-refractivity contribution in [2.24, 2.45) is 5.73 Å². The molecule has 0 aliphatic rings. The highest BCUT2D eigenvalue weighted by molar-refractivity contribution is 9.10. The first-order valence-corrected chi connectivity index (χ1v) is 7.26. The summed E-state index contributed by atoms with van der Waals surface area (Å²) in [6.45, 7) is 0.149. The van der Waals surface area contributed by atoms with Crippen molar-refractivity contribution < 1.29 is 17.9 Å². The summed E-state index contributed by atoms with van der Waals surface area (Å²) in [4.78, 5) is 2.01. The maximum atomic E-state index is 12.0. The minimum absolute atomic E-state index is 0.0496. The summed E-state index contributed by atoms with van der Waals surface area (Å²) in [6, 6.07) is -0.433. The van der Waals surface area contributed by atoms with Crippen LogP contribution in [0, 0.1) is 0 Å². The van der Waals surface area contributed by atoms with Gasteiger partial charge in [0.15, 0.2) is 0 Å². The van der Waals surface area contributed by atoms with Crippen LogP contribution in [0.25, 0.3) is 0 Å². The molecule has 0 fully saturated rings. The van der Waals surface area contributed by atoms with E-state index in [1.807, 2.05) is 19.0 Å². The van der Waals surface area contributed by atoms with Crippen LogP contribution in [0.4, 0.5) is 13.2 Å². The van der Waals surface area contributed by atoms with Gasteiger partial charge in [-0.05, 0) is 36.4 Å². The number of ether oxygens (including phenoxy) is 1. The minimum Gasteiger partial charge on any atom is -0.372 e. The first-order chi connectivity index (χ1) is 9.70. The molecule has 0 radical (unpaired) electrons. The number of nitrogens with two attached hydrogens (primary N) is 1. The highest BCUT2D eigenvalue weighted by atomic mass is 79.9. The van der Waals surface area contributed by atoms with E-state index in [4.69, 9.17) is 5.73 Å². The van der Waals surface area contributed by atoms with E-state index in [0.717, 1.165) is 16.7 Å². The molecule has 0 bridgehead atoms. The second-order valence-electron chi connectivity index (χ2n) is 4.97. The Morgan fingerprint density at radius 3 is 2.71 bits per heavy atom. The highest BCUT2D eigenvalue weighted by Crippen LogP contribution is 2.24. The van der Waals surface area contributed by atoms with Crippen molar-refractivity contribution in [1.82, 2.24) is 14.7 Å². The molecule has 1 heterocycles. The molecule has 5 nitrogen and oxygen atoms in total. The molecule has 0 aliphatic carbocycles. The fourth-order valence-electron chi connectivity index (χ4n) is 1.75. The highest BCUT2D eigenvalue weighted by Gasteiger charge is 2.27. The molecule has 0 spiro atoms. The molecular formula is C12H20BrF3N4O. The lowest BCUT2D eigenvalue weighted by Crippen LogP contribution is -2.24. The molecule has 1 aromatic heterocycles. The Hall–Kier alpha value is -0.640. The quantitative estimate of drug-likeness (QED) is 0.710. The minimum atomic E-state index is -4.31. The summed E-state index contributed by atoms with van der Waals surface area (Å²) in [5.74, 6) is 0. The summed E-state index contributed by atoms with van der Waals surface area (Å²) in [6.07, 6.45) is -2.37. The fraction of sp³-hybridized carbons (Fsp3) is 0.750. The van der Waals surface area contributed by atoms with Crippen molar-refractivity contribution in [2.75, 3.05) is 33.9 Å². The molecule has 9 heteroatoms. The Bertz CT molecular complexity index is 437. The Balaban J connectivity index is 2.53. The summed E-state index contributed by atoms with van der Waals surface area (Å²) in [7, 11) is 3.90. The zero-order chi connectivity index (χ0) is 16.0. The van der Waals surface area contributed by atoms with Crippen LogP contribution in [-0.2, 0) is 11.3 Å². The van der Waals surface area contributed by atoms with Gasteiger partial charge in [-0.3, -0.25) is 4.68 Å². The van der Waals surface area contributed by atoms with Crippen LogP contribution in [-0.4, -0.2) is 54.7 Å². The maximum Gasteiger partial charge on any atom is 0.411 e. The SMILES string of the molecule is CN(C)CCn1ncc(Br)c1C(N)CCOCC(F)(F)F. The van der Waals surface area contributed by atoms with Crippen LogP contribution in [0.3, 0.4) is 0 Å². The van der Waals surface area contributed by atoms with Gasteiger partial charge in [-0.2, -0.15) is 18.3 Å². The average molecular weight is 373 g/mol. The van der Waals surface area contributed by atoms with Gasteiger partial charge in [-0.25, -0.2) is 0 Å². The van der Waals surface area contributed by atoms with Crippen molar-refractivity contribution in [3.8, 4) is 0 Å². The number of hydrogen-bond donors (Lipinski definition) is 1. The Kier molecular flexibility index (Phi) is 7.11. The molecule has 0 saturated heterocycles. The molecule has 0 aliphatic heterocycles. The number of hydrogen-bond acceptors (Lipinski definition) is 4. The van der Waals surface area contributed by atoms with Gasteiger partial charge in [0.1, 0.15) is 6.61 Å². The van der Waals surface area contributed by atoms with Crippen molar-refractivity contribution in [2.45, 2.75) is 25.2 Å². The summed E-state index contributed by atoms with van der Waals surface area (Å²) in [5.41, 5.74) is 6.80. The van der Waals surface area contributed by atoms with Gasteiger partial charge in [-0.15, -0.1) is 0 Å². The standard InChI is InChI=1S/C12H20BrF3N4O/c1-19(2)4-5-20-11(9(13)7-18-20)10(17)3-6-21-8-12(14,15)16/h7,10H,3-6,8,17H2,1-2H3. The fourth-order valence-corrected chi connectivity index (χ4v) is 2.34. The number of aromatic nitrogens is 2. The van der Waals surface area contributed by atoms with Crippen LogP contribution in [0.2, 0.25) is 0 Å². The van der Waals surface area contributed by atoms with Crippen LogP contribution in [0.1, 0.15) is 18.2 Å². The molecule has 1 rings (SSSR count). The molecule has 1 atom stereocenters. The van der Waals surface area contributed by atoms with Crippen molar-refractivity contribution in [3.05, 3.63) is 16.4 Å². The van der Waals surface area contributed by atoms with E-state index in [2.05, 4.69) is 25.8 Å². The third-order valence-corrected chi connectivity index (χ3v) is 3.39. The van der Waals surface area contributed by atoms with Gasteiger partial charge in [0.2, 0.25) is 0 Å². The first kappa shape index (κ1) is 18.4. The number of alkyl halides is 3. The molecule has 0 amide bonds. The molecule has 1 aromatic rings. The predicted octanol–water partition coefficient (Wildman–Crippen LogP) is 2.18. The molecule has 21 heavy (non-hydrogen) atoms. The molecule has 122 valence electrons. The van der Waals surface area contributed by atoms with Gasteiger partial charge in [0.25, 0.3) is 0 Å². The van der Waals surface area contributed by atoms with Crippen LogP contribution in [0.15, 0.2) is 10.7 Å². The number of halogens is 4. The van der Waals surface area contributed by atoms with Gasteiger partial charge < -0.3 is 15.4 Å². The number of rotatable bonds is 8. The molecular weight excluding hydrogens is 353 g/mol. The number of nitrogens with zero attached hydrogens (tertiary/aromatic N) is 3. The van der Waals surface area contributed by atoms with E-state index >= 15 is 0 Å². The average Bonchev–Trinajstić information content (AvgIpc) is 2.72. The summed E-state index contributed by atoms with van der Waals surface area (Å²) < 4.78 is 43.0. The normalized spacial score (nSPS) is 13.9. The van der Waals surface area contributed by atoms with E-state index in [1.165, 1.54) is 0 Å². The van der Waals surface area contributed by atoms with Gasteiger partial charge in [0, 0.05) is 13.2 Å². The molecule has 1 unspecified atom stereocenters. The summed E-state index contributed by atoms with van der Waals surface area (Å²) >= 11 is 3.37. The van der Waals surface area contributed by atoms with Gasteiger partial charge in [-0.1, -0.05) is 0 Å². The van der Waals surface area contributed by atoms with E-state index in [0.29, 0.717) is 13.0 Å². The van der Waals surface area contributed by atoms with Crippen LogP contribution >= 0.6 is 15.9 Å². The second kappa shape index (κ2) is 8.11. The zero-order valence-electron chi connectivity index (χ0n) is 12.0. The lowest BCUT2D eigenvalue weighted by Gasteiger charge is -2.17. The first-order valence-electron chi connectivity index (χ1n) is 6.46. The summed E-state index contributed by atoms with van der Waals surface area (Å²) in [5, 5.41) is 4.22. The smallest absolute Gasteiger partial charge is 0.372 e. The van der Waals surface area contributed by atoms with Gasteiger partial charge in [0.05, 0.1) is 29.0 Å². The number of likely N-dealkylation sites (N-methyl/N-ethyl adjacent to an activating group) is 1. The van der Waals surface area contributed by atoms with E-state index in [9.17, 15) is 13.2 Å². The van der Waals surface area contributed by atoms with Crippen LogP contribution in [0.5, 0.6) is 0 Å². The third-order valence-electron chi connectivity index (χ3n) is 2.78. The lowest BCUT2D eigenvalue weighted by molar-refractivity contribution is -0.174. The molecule has 0 saturated carbocycles.